The van der Waals surface area contributed by atoms with E-state index in [-0.39, 0.29) is 11.9 Å². The Morgan fingerprint density at radius 3 is 3.00 bits per heavy atom. The molecule has 0 atom stereocenters. The van der Waals surface area contributed by atoms with Crippen molar-refractivity contribution in [2.45, 2.75) is 19.1 Å². The summed E-state index contributed by atoms with van der Waals surface area (Å²) >= 11 is 0. The minimum absolute atomic E-state index is 0.104. The molecule has 7 heteroatoms. The Bertz CT molecular complexity index is 373. The maximum absolute atomic E-state index is 10.6. The van der Waals surface area contributed by atoms with Crippen molar-refractivity contribution in [3.05, 3.63) is 18.0 Å². The number of ether oxygens (including phenoxy) is 2. The van der Waals surface area contributed by atoms with Crippen molar-refractivity contribution >= 4 is 5.97 Å². The van der Waals surface area contributed by atoms with Crippen LogP contribution in [0.15, 0.2) is 12.4 Å². The molecule has 1 N–H and O–H groups in total. The molecule has 1 aliphatic heterocycles. The molecule has 1 aromatic heterocycles. The summed E-state index contributed by atoms with van der Waals surface area (Å²) in [5.74, 6) is -1.02. The van der Waals surface area contributed by atoms with Gasteiger partial charge in [0.2, 0.25) is 0 Å². The first-order valence-electron chi connectivity index (χ1n) is 5.40. The lowest BCUT2D eigenvalue weighted by Crippen LogP contribution is -2.16. The van der Waals surface area contributed by atoms with Crippen LogP contribution in [0.25, 0.3) is 0 Å². The molecule has 94 valence electrons. The van der Waals surface area contributed by atoms with E-state index in [1.807, 2.05) is 0 Å². The second-order valence-corrected chi connectivity index (χ2v) is 3.58. The lowest BCUT2D eigenvalue weighted by Gasteiger charge is -2.08. The fourth-order valence-electron chi connectivity index (χ4n) is 1.47. The van der Waals surface area contributed by atoms with E-state index in [0.717, 1.165) is 17.7 Å². The van der Waals surface area contributed by atoms with E-state index in [1.165, 1.54) is 12.4 Å². The van der Waals surface area contributed by atoms with Crippen molar-refractivity contribution in [2.75, 3.05) is 19.8 Å². The smallest absolute Gasteiger partial charge is 0.339 e. The number of hydrogen-bond acceptors (Lipinski definition) is 5. The normalized spacial score (nSPS) is 16.2. The molecule has 2 heterocycles. The number of carboxylic acids is 1. The van der Waals surface area contributed by atoms with Gasteiger partial charge >= 0.3 is 5.97 Å². The lowest BCUT2D eigenvalue weighted by atomic mass is 10.3. The summed E-state index contributed by atoms with van der Waals surface area (Å²) in [4.78, 5) is 17.0. The summed E-state index contributed by atoms with van der Waals surface area (Å²) < 4.78 is 10.5. The lowest BCUT2D eigenvalue weighted by molar-refractivity contribution is -0.0527. The Morgan fingerprint density at radius 2 is 2.35 bits per heavy atom. The van der Waals surface area contributed by atoms with Gasteiger partial charge in [0.05, 0.1) is 25.6 Å². The molecule has 0 unspecified atom stereocenters. The second kappa shape index (κ2) is 5.65. The van der Waals surface area contributed by atoms with Crippen LogP contribution in [0.4, 0.5) is 0 Å². The van der Waals surface area contributed by atoms with Crippen LogP contribution in [0.2, 0.25) is 0 Å². The summed E-state index contributed by atoms with van der Waals surface area (Å²) in [6.07, 6.45) is 3.95. The molecule has 0 radical (unpaired) electrons. The fraction of sp³-hybridized carbons (Fsp3) is 0.600. The van der Waals surface area contributed by atoms with Gasteiger partial charge < -0.3 is 19.4 Å². The molecule has 1 aromatic rings. The summed E-state index contributed by atoms with van der Waals surface area (Å²) in [6, 6.07) is 0. The molecule has 0 saturated carbocycles. The molecular formula is C10H14N2O5. The third kappa shape index (κ3) is 3.43. The Morgan fingerprint density at radius 1 is 1.59 bits per heavy atom. The highest BCUT2D eigenvalue weighted by Gasteiger charge is 2.15. The second-order valence-electron chi connectivity index (χ2n) is 3.58. The summed E-state index contributed by atoms with van der Waals surface area (Å²) in [6.45, 7) is 1.73. The average Bonchev–Trinajstić information content (AvgIpc) is 2.96. The van der Waals surface area contributed by atoms with E-state index in [4.69, 9.17) is 19.4 Å². The molecule has 2 rings (SSSR count). The van der Waals surface area contributed by atoms with E-state index < -0.39 is 5.97 Å². The van der Waals surface area contributed by atoms with Crippen LogP contribution in [0.3, 0.4) is 0 Å². The first-order valence-corrected chi connectivity index (χ1v) is 5.40. The largest absolute Gasteiger partial charge is 0.478 e. The van der Waals surface area contributed by atoms with Gasteiger partial charge in [-0.05, 0) is 6.42 Å². The van der Waals surface area contributed by atoms with Crippen molar-refractivity contribution < 1.29 is 24.2 Å². The van der Waals surface area contributed by atoms with Crippen LogP contribution >= 0.6 is 0 Å². The van der Waals surface area contributed by atoms with Crippen molar-refractivity contribution in [3.8, 4) is 0 Å². The molecule has 0 spiro atoms. The summed E-state index contributed by atoms with van der Waals surface area (Å²) in [5, 5.41) is 12.4. The van der Waals surface area contributed by atoms with Crippen molar-refractivity contribution in [3.63, 3.8) is 0 Å². The van der Waals surface area contributed by atoms with Gasteiger partial charge in [-0.25, -0.2) is 4.79 Å². The molecule has 1 saturated heterocycles. The zero-order valence-corrected chi connectivity index (χ0v) is 9.24. The maximum atomic E-state index is 10.6. The predicted octanol–water partition coefficient (Wildman–Crippen LogP) is 0.163. The van der Waals surface area contributed by atoms with Gasteiger partial charge in [-0.15, -0.1) is 9.94 Å². The predicted molar refractivity (Wildman–Crippen MR) is 55.6 cm³/mol. The van der Waals surface area contributed by atoms with Gasteiger partial charge in [0.1, 0.15) is 12.2 Å². The first-order chi connectivity index (χ1) is 8.25. The SMILES string of the molecule is O=C(O)c1cnn(OCCCC2OCCO2)c1. The van der Waals surface area contributed by atoms with Crippen molar-refractivity contribution in [1.29, 1.82) is 0 Å². The maximum Gasteiger partial charge on any atom is 0.339 e. The van der Waals surface area contributed by atoms with Gasteiger partial charge in [-0.2, -0.15) is 0 Å². The fourth-order valence-corrected chi connectivity index (χ4v) is 1.47. The number of aromatic carboxylic acids is 1. The summed E-state index contributed by atoms with van der Waals surface area (Å²) in [7, 11) is 0. The van der Waals surface area contributed by atoms with Crippen LogP contribution in [0.1, 0.15) is 23.2 Å². The van der Waals surface area contributed by atoms with Gasteiger partial charge in [-0.1, -0.05) is 0 Å². The quantitative estimate of drug-likeness (QED) is 0.716. The Kier molecular flexibility index (Phi) is 3.94. The van der Waals surface area contributed by atoms with Crippen LogP contribution in [-0.4, -0.2) is 47.1 Å². The number of aromatic nitrogens is 2. The van der Waals surface area contributed by atoms with E-state index in [9.17, 15) is 4.79 Å². The highest BCUT2D eigenvalue weighted by atomic mass is 16.7. The Balaban J connectivity index is 1.65. The topological polar surface area (TPSA) is 82.8 Å². The first kappa shape index (κ1) is 11.9. The zero-order valence-electron chi connectivity index (χ0n) is 9.24. The molecule has 0 aliphatic carbocycles. The van der Waals surface area contributed by atoms with Gasteiger partial charge in [0.25, 0.3) is 0 Å². The minimum Gasteiger partial charge on any atom is -0.478 e. The van der Waals surface area contributed by atoms with E-state index >= 15 is 0 Å². The number of carboxylic acid groups (broad SMARTS) is 1. The summed E-state index contributed by atoms with van der Waals surface area (Å²) in [5.41, 5.74) is 0.104. The Labute approximate surface area is 97.8 Å². The van der Waals surface area contributed by atoms with E-state index in [0.29, 0.717) is 19.8 Å². The molecule has 0 aromatic carbocycles. The Hall–Kier alpha value is -1.60. The third-order valence-corrected chi connectivity index (χ3v) is 2.31. The highest BCUT2D eigenvalue weighted by molar-refractivity contribution is 5.86. The molecule has 7 nitrogen and oxygen atoms in total. The average molecular weight is 242 g/mol. The van der Waals surface area contributed by atoms with E-state index in [1.54, 1.807) is 0 Å². The van der Waals surface area contributed by atoms with Gasteiger partial charge in [0, 0.05) is 6.42 Å². The molecule has 0 bridgehead atoms. The number of hydrogen-bond donors (Lipinski definition) is 1. The number of carbonyl (C=O) groups is 1. The molecule has 17 heavy (non-hydrogen) atoms. The minimum atomic E-state index is -1.02. The number of nitrogens with zero attached hydrogens (tertiary/aromatic N) is 2. The molecular weight excluding hydrogens is 228 g/mol. The van der Waals surface area contributed by atoms with Crippen LogP contribution in [0, 0.1) is 0 Å². The van der Waals surface area contributed by atoms with Crippen molar-refractivity contribution in [1.82, 2.24) is 9.94 Å². The van der Waals surface area contributed by atoms with Gasteiger partial charge in [-0.3, -0.25) is 0 Å². The highest BCUT2D eigenvalue weighted by Crippen LogP contribution is 2.09. The van der Waals surface area contributed by atoms with Crippen molar-refractivity contribution in [2.24, 2.45) is 0 Å². The van der Waals surface area contributed by atoms with E-state index in [2.05, 4.69) is 5.10 Å². The number of rotatable bonds is 6. The third-order valence-electron chi connectivity index (χ3n) is 2.31. The van der Waals surface area contributed by atoms with Crippen LogP contribution in [0.5, 0.6) is 0 Å². The monoisotopic (exact) mass is 242 g/mol. The molecule has 0 amide bonds. The molecule has 1 fully saturated rings. The van der Waals surface area contributed by atoms with Crippen LogP contribution < -0.4 is 4.84 Å². The zero-order chi connectivity index (χ0) is 12.1. The van der Waals surface area contributed by atoms with Gasteiger partial charge in [0.15, 0.2) is 6.29 Å². The standard InChI is InChI=1S/C10H14N2O5/c13-10(14)8-6-11-12(7-8)17-3-1-2-9-15-4-5-16-9/h6-7,9H,1-5H2,(H,13,14). The molecule has 1 aliphatic rings. The van der Waals surface area contributed by atoms with Crippen LogP contribution in [-0.2, 0) is 9.47 Å².